The number of amides is 1. The fraction of sp³-hybridized carbons (Fsp3) is 0.875. The SMILES string of the molecule is CCCCC/C=C/CC/C=C/C(O)C(CO)NC(=O)CCCCCCCCCCCCCCCCCCC/C=C\CCCCCCCCCCCCCCCCCCCC. The first-order valence-electron chi connectivity index (χ1n) is 27.2. The predicted octanol–water partition coefficient (Wildman–Crippen LogP) is 17.7. The second kappa shape index (κ2) is 52.0. The van der Waals surface area contributed by atoms with Crippen molar-refractivity contribution in [3.63, 3.8) is 0 Å². The Kier molecular flexibility index (Phi) is 50.8. The Morgan fingerprint density at radius 1 is 0.383 bits per heavy atom. The molecular formula is C56H107NO3. The Bertz CT molecular complexity index is 912. The van der Waals surface area contributed by atoms with E-state index < -0.39 is 12.1 Å². The van der Waals surface area contributed by atoms with Gasteiger partial charge in [0.15, 0.2) is 0 Å². The zero-order valence-electron chi connectivity index (χ0n) is 40.7. The molecule has 0 fully saturated rings. The van der Waals surface area contributed by atoms with Crippen molar-refractivity contribution in [2.45, 2.75) is 309 Å². The molecule has 4 nitrogen and oxygen atoms in total. The summed E-state index contributed by atoms with van der Waals surface area (Å²) in [6.45, 7) is 4.26. The van der Waals surface area contributed by atoms with Gasteiger partial charge in [0.05, 0.1) is 18.8 Å². The van der Waals surface area contributed by atoms with Crippen LogP contribution in [-0.2, 0) is 4.79 Å². The minimum absolute atomic E-state index is 0.0734. The van der Waals surface area contributed by atoms with Crippen LogP contribution in [0.15, 0.2) is 36.5 Å². The van der Waals surface area contributed by atoms with Crippen LogP contribution in [-0.4, -0.2) is 34.9 Å². The molecule has 0 radical (unpaired) electrons. The maximum atomic E-state index is 12.4. The van der Waals surface area contributed by atoms with E-state index in [2.05, 4.69) is 43.5 Å². The van der Waals surface area contributed by atoms with E-state index in [1.165, 1.54) is 244 Å². The summed E-state index contributed by atoms with van der Waals surface area (Å²) in [7, 11) is 0. The summed E-state index contributed by atoms with van der Waals surface area (Å²) in [5.74, 6) is -0.0734. The summed E-state index contributed by atoms with van der Waals surface area (Å²) in [6, 6.07) is -0.635. The minimum Gasteiger partial charge on any atom is -0.394 e. The molecule has 0 rings (SSSR count). The average Bonchev–Trinajstić information content (AvgIpc) is 3.25. The van der Waals surface area contributed by atoms with E-state index in [1.807, 2.05) is 6.08 Å². The molecule has 0 aromatic heterocycles. The fourth-order valence-corrected chi connectivity index (χ4v) is 8.43. The van der Waals surface area contributed by atoms with Gasteiger partial charge in [0.1, 0.15) is 0 Å². The highest BCUT2D eigenvalue weighted by Gasteiger charge is 2.18. The summed E-state index contributed by atoms with van der Waals surface area (Å²) in [4.78, 5) is 12.4. The largest absolute Gasteiger partial charge is 0.394 e. The zero-order chi connectivity index (χ0) is 43.5. The standard InChI is InChI=1S/C56H107NO3/c1-3-5-7-9-11-13-14-15-16-17-18-19-20-21-22-23-24-25-26-27-28-29-30-31-32-33-34-35-36-37-38-39-40-41-42-44-46-48-50-52-56(60)57-54(53-58)55(59)51-49-47-45-43-12-10-8-6-4-2/h12,27-28,43,49,51,54-55,58-59H,3-11,13-26,29-42,44-48,50,52-53H2,1-2H3,(H,57,60)/b28-27-,43-12+,51-49+. The summed E-state index contributed by atoms with van der Waals surface area (Å²) < 4.78 is 0. The molecule has 0 saturated heterocycles. The maximum Gasteiger partial charge on any atom is 0.220 e. The number of hydrogen-bond acceptors (Lipinski definition) is 3. The van der Waals surface area contributed by atoms with E-state index in [0.717, 1.165) is 32.1 Å². The normalized spacial score (nSPS) is 13.1. The number of rotatable bonds is 50. The van der Waals surface area contributed by atoms with Gasteiger partial charge in [-0.25, -0.2) is 0 Å². The van der Waals surface area contributed by atoms with Gasteiger partial charge in [-0.3, -0.25) is 4.79 Å². The summed E-state index contributed by atoms with van der Waals surface area (Å²) in [6.07, 6.45) is 70.5. The van der Waals surface area contributed by atoms with Crippen LogP contribution in [0, 0.1) is 0 Å². The van der Waals surface area contributed by atoms with Gasteiger partial charge in [0, 0.05) is 6.42 Å². The highest BCUT2D eigenvalue weighted by Crippen LogP contribution is 2.17. The number of carbonyl (C=O) groups is 1. The van der Waals surface area contributed by atoms with Crippen molar-refractivity contribution in [2.75, 3.05) is 6.61 Å². The smallest absolute Gasteiger partial charge is 0.220 e. The van der Waals surface area contributed by atoms with E-state index >= 15 is 0 Å². The molecule has 2 unspecified atom stereocenters. The molecular weight excluding hydrogens is 735 g/mol. The van der Waals surface area contributed by atoms with E-state index in [1.54, 1.807) is 6.08 Å². The van der Waals surface area contributed by atoms with Crippen molar-refractivity contribution in [1.29, 1.82) is 0 Å². The summed E-state index contributed by atoms with van der Waals surface area (Å²) in [5.41, 5.74) is 0. The first-order valence-corrected chi connectivity index (χ1v) is 27.2. The second-order valence-electron chi connectivity index (χ2n) is 18.6. The molecule has 60 heavy (non-hydrogen) atoms. The highest BCUT2D eigenvalue weighted by atomic mass is 16.3. The lowest BCUT2D eigenvalue weighted by Gasteiger charge is -2.19. The number of hydrogen-bond donors (Lipinski definition) is 3. The van der Waals surface area contributed by atoms with Crippen LogP contribution >= 0.6 is 0 Å². The summed E-state index contributed by atoms with van der Waals surface area (Å²) >= 11 is 0. The monoisotopic (exact) mass is 842 g/mol. The quantitative estimate of drug-likeness (QED) is 0.0422. The van der Waals surface area contributed by atoms with Crippen molar-refractivity contribution in [2.24, 2.45) is 0 Å². The predicted molar refractivity (Wildman–Crippen MR) is 267 cm³/mol. The third-order valence-corrected chi connectivity index (χ3v) is 12.6. The van der Waals surface area contributed by atoms with Crippen molar-refractivity contribution >= 4 is 5.91 Å². The number of aliphatic hydroxyl groups is 2. The van der Waals surface area contributed by atoms with Gasteiger partial charge in [-0.15, -0.1) is 0 Å². The lowest BCUT2D eigenvalue weighted by molar-refractivity contribution is -0.123. The van der Waals surface area contributed by atoms with Crippen LogP contribution in [0.5, 0.6) is 0 Å². The molecule has 0 aromatic rings. The Balaban J connectivity index is 3.35. The van der Waals surface area contributed by atoms with Crippen LogP contribution in [0.25, 0.3) is 0 Å². The minimum atomic E-state index is -0.858. The fourth-order valence-electron chi connectivity index (χ4n) is 8.43. The Hall–Kier alpha value is -1.39. The van der Waals surface area contributed by atoms with Gasteiger partial charge in [-0.1, -0.05) is 269 Å². The lowest BCUT2D eigenvalue weighted by atomic mass is 10.0. The van der Waals surface area contributed by atoms with Crippen LogP contribution in [0.4, 0.5) is 0 Å². The molecule has 4 heteroatoms. The molecule has 1 amide bonds. The molecule has 2 atom stereocenters. The molecule has 0 aliphatic heterocycles. The third kappa shape index (κ3) is 47.7. The van der Waals surface area contributed by atoms with Crippen molar-refractivity contribution in [3.8, 4) is 0 Å². The van der Waals surface area contributed by atoms with Crippen molar-refractivity contribution in [1.82, 2.24) is 5.32 Å². The maximum absolute atomic E-state index is 12.4. The second-order valence-corrected chi connectivity index (χ2v) is 18.6. The van der Waals surface area contributed by atoms with Gasteiger partial charge in [0.25, 0.3) is 0 Å². The Morgan fingerprint density at radius 2 is 0.650 bits per heavy atom. The zero-order valence-corrected chi connectivity index (χ0v) is 40.7. The summed E-state index contributed by atoms with van der Waals surface area (Å²) in [5, 5.41) is 22.9. The van der Waals surface area contributed by atoms with Gasteiger partial charge in [-0.2, -0.15) is 0 Å². The number of unbranched alkanes of at least 4 members (excludes halogenated alkanes) is 39. The molecule has 0 aromatic carbocycles. The molecule has 354 valence electrons. The van der Waals surface area contributed by atoms with E-state index in [-0.39, 0.29) is 12.5 Å². The van der Waals surface area contributed by atoms with Crippen LogP contribution < -0.4 is 5.32 Å². The van der Waals surface area contributed by atoms with Gasteiger partial charge in [-0.05, 0) is 57.8 Å². The molecule has 0 aliphatic rings. The number of allylic oxidation sites excluding steroid dienone is 5. The van der Waals surface area contributed by atoms with Crippen LogP contribution in [0.2, 0.25) is 0 Å². The highest BCUT2D eigenvalue weighted by molar-refractivity contribution is 5.76. The van der Waals surface area contributed by atoms with Gasteiger partial charge >= 0.3 is 0 Å². The van der Waals surface area contributed by atoms with E-state index in [9.17, 15) is 15.0 Å². The first kappa shape index (κ1) is 58.6. The molecule has 0 bridgehead atoms. The van der Waals surface area contributed by atoms with Gasteiger partial charge in [0.2, 0.25) is 5.91 Å². The molecule has 0 heterocycles. The van der Waals surface area contributed by atoms with Crippen molar-refractivity contribution < 1.29 is 15.0 Å². The molecule has 0 spiro atoms. The first-order chi connectivity index (χ1) is 29.7. The van der Waals surface area contributed by atoms with Gasteiger partial charge < -0.3 is 15.5 Å². The van der Waals surface area contributed by atoms with Crippen LogP contribution in [0.3, 0.4) is 0 Å². The van der Waals surface area contributed by atoms with Crippen LogP contribution in [0.1, 0.15) is 296 Å². The number of carbonyl (C=O) groups excluding carboxylic acids is 1. The number of aliphatic hydroxyl groups excluding tert-OH is 2. The molecule has 0 aliphatic carbocycles. The topological polar surface area (TPSA) is 69.6 Å². The van der Waals surface area contributed by atoms with Crippen molar-refractivity contribution in [3.05, 3.63) is 36.5 Å². The molecule has 0 saturated carbocycles. The average molecular weight is 842 g/mol. The van der Waals surface area contributed by atoms with E-state index in [4.69, 9.17) is 0 Å². The lowest BCUT2D eigenvalue weighted by Crippen LogP contribution is -2.45. The van der Waals surface area contributed by atoms with E-state index in [0.29, 0.717) is 6.42 Å². The number of nitrogens with one attached hydrogen (secondary N) is 1. The third-order valence-electron chi connectivity index (χ3n) is 12.6. The molecule has 3 N–H and O–H groups in total. The Labute approximate surface area is 376 Å². The Morgan fingerprint density at radius 3 is 1.00 bits per heavy atom.